The van der Waals surface area contributed by atoms with Crippen molar-refractivity contribution in [2.75, 3.05) is 39.9 Å². The lowest BCUT2D eigenvalue weighted by Crippen LogP contribution is -2.56. The van der Waals surface area contributed by atoms with E-state index in [-0.39, 0.29) is 23.6 Å². The molecule has 0 radical (unpaired) electrons. The largest absolute Gasteiger partial charge is 0.495 e. The highest BCUT2D eigenvalue weighted by Crippen LogP contribution is 2.29. The zero-order chi connectivity index (χ0) is 21.0. The first-order chi connectivity index (χ1) is 13.9. The fraction of sp³-hybridized carbons (Fsp3) is 0.400. The number of aromatic nitrogens is 1. The average Bonchev–Trinajstić information content (AvgIpc) is 2.74. The third-order valence-corrected chi connectivity index (χ3v) is 5.87. The van der Waals surface area contributed by atoms with Gasteiger partial charge >= 0.3 is 0 Å². The number of ether oxygens (including phenoxy) is 1. The second-order valence-corrected chi connectivity index (χ2v) is 8.12. The number of carbonyl (C=O) groups is 1. The fourth-order valence-corrected chi connectivity index (χ4v) is 3.91. The predicted molar refractivity (Wildman–Crippen MR) is 113 cm³/mol. The molecule has 29 heavy (non-hydrogen) atoms. The van der Waals surface area contributed by atoms with Gasteiger partial charge in [0.25, 0.3) is 5.91 Å². The van der Waals surface area contributed by atoms with E-state index in [9.17, 15) is 15.0 Å². The van der Waals surface area contributed by atoms with Gasteiger partial charge in [-0.05, 0) is 40.2 Å². The Kier molecular flexibility index (Phi) is 7.48. The van der Waals surface area contributed by atoms with Gasteiger partial charge in [-0.2, -0.15) is 0 Å². The van der Waals surface area contributed by atoms with Crippen LogP contribution in [0.5, 0.6) is 5.75 Å². The van der Waals surface area contributed by atoms with Crippen LogP contribution >= 0.6 is 27.5 Å². The molecular formula is C20H23BrClN3O4. The van der Waals surface area contributed by atoms with E-state index in [1.807, 2.05) is 11.0 Å². The van der Waals surface area contributed by atoms with Crippen molar-refractivity contribution < 1.29 is 19.7 Å². The number of amides is 1. The molecule has 2 heterocycles. The Bertz CT molecular complexity index is 852. The molecule has 0 spiro atoms. The minimum atomic E-state index is -0.785. The number of halogens is 2. The number of piperazine rings is 1. The number of benzene rings is 1. The maximum atomic E-state index is 13.0. The van der Waals surface area contributed by atoms with Crippen LogP contribution in [0, 0.1) is 0 Å². The summed E-state index contributed by atoms with van der Waals surface area (Å²) in [5.74, 6) is 0.238. The van der Waals surface area contributed by atoms with Crippen LogP contribution in [0.4, 0.5) is 0 Å². The summed E-state index contributed by atoms with van der Waals surface area (Å²) in [7, 11) is 1.50. The van der Waals surface area contributed by atoms with E-state index < -0.39 is 6.10 Å². The van der Waals surface area contributed by atoms with Crippen molar-refractivity contribution in [3.63, 3.8) is 0 Å². The zero-order valence-electron chi connectivity index (χ0n) is 16.0. The van der Waals surface area contributed by atoms with Gasteiger partial charge in [0.2, 0.25) is 0 Å². The maximum Gasteiger partial charge on any atom is 0.255 e. The molecule has 1 amide bonds. The van der Waals surface area contributed by atoms with Gasteiger partial charge in [-0.25, -0.2) is 0 Å². The van der Waals surface area contributed by atoms with Crippen LogP contribution in [0.3, 0.4) is 0 Å². The minimum Gasteiger partial charge on any atom is -0.495 e. The zero-order valence-corrected chi connectivity index (χ0v) is 18.3. The van der Waals surface area contributed by atoms with Gasteiger partial charge in [0.1, 0.15) is 11.9 Å². The molecule has 156 valence electrons. The van der Waals surface area contributed by atoms with E-state index in [1.54, 1.807) is 35.4 Å². The Morgan fingerprint density at radius 1 is 1.38 bits per heavy atom. The second-order valence-electron chi connectivity index (χ2n) is 6.82. The summed E-state index contributed by atoms with van der Waals surface area (Å²) in [6, 6.07) is 8.37. The number of hydrogen-bond donors (Lipinski definition) is 2. The number of carbonyl (C=O) groups excluding carboxylic acids is 1. The molecule has 0 bridgehead atoms. The molecule has 2 N–H and O–H groups in total. The highest BCUT2D eigenvalue weighted by atomic mass is 79.9. The Labute approximate surface area is 183 Å². The van der Waals surface area contributed by atoms with E-state index in [4.69, 9.17) is 16.3 Å². The summed E-state index contributed by atoms with van der Waals surface area (Å²) >= 11 is 9.62. The Morgan fingerprint density at radius 3 is 2.83 bits per heavy atom. The molecule has 1 aromatic heterocycles. The van der Waals surface area contributed by atoms with Crippen molar-refractivity contribution in [2.45, 2.75) is 12.1 Å². The lowest BCUT2D eigenvalue weighted by atomic mass is 10.1. The van der Waals surface area contributed by atoms with Crippen molar-refractivity contribution in [3.05, 3.63) is 57.3 Å². The number of rotatable bonds is 6. The summed E-state index contributed by atoms with van der Waals surface area (Å²) in [4.78, 5) is 20.8. The SMILES string of the molecule is COc1cccc(C(=O)N2CCN(CC(O)c3ccc(Br)cn3)C(CO)C2)c1Cl. The number of aliphatic hydroxyl groups is 2. The molecular weight excluding hydrogens is 462 g/mol. The number of hydrogen-bond acceptors (Lipinski definition) is 6. The molecule has 2 atom stereocenters. The molecule has 1 saturated heterocycles. The molecule has 1 aliphatic heterocycles. The standard InChI is InChI=1S/C20H23BrClN3O4/c1-29-18-4-2-3-15(19(18)22)20(28)25-8-7-24(14(10-25)12-26)11-17(27)16-6-5-13(21)9-23-16/h2-6,9,14,17,26-27H,7-8,10-12H2,1H3. The molecule has 9 heteroatoms. The van der Waals surface area contributed by atoms with Gasteiger partial charge in [0.15, 0.2) is 0 Å². The first kappa shape index (κ1) is 22.0. The number of β-amino-alcohol motifs (C(OH)–C–C–N with tert-alkyl or cyclic N) is 1. The number of aliphatic hydroxyl groups excluding tert-OH is 2. The van der Waals surface area contributed by atoms with E-state index in [1.165, 1.54) is 7.11 Å². The Morgan fingerprint density at radius 2 is 2.17 bits per heavy atom. The van der Waals surface area contributed by atoms with Crippen LogP contribution in [0.25, 0.3) is 0 Å². The first-order valence-electron chi connectivity index (χ1n) is 9.20. The van der Waals surface area contributed by atoms with Crippen LogP contribution in [0.15, 0.2) is 41.0 Å². The summed E-state index contributed by atoms with van der Waals surface area (Å²) in [6.45, 7) is 1.51. The molecule has 2 unspecified atom stereocenters. The van der Waals surface area contributed by atoms with Crippen LogP contribution in [0.2, 0.25) is 5.02 Å². The lowest BCUT2D eigenvalue weighted by molar-refractivity contribution is 0.00982. The minimum absolute atomic E-state index is 0.129. The molecule has 1 fully saturated rings. The van der Waals surface area contributed by atoms with Crippen molar-refractivity contribution in [2.24, 2.45) is 0 Å². The van der Waals surface area contributed by atoms with E-state index in [2.05, 4.69) is 20.9 Å². The monoisotopic (exact) mass is 483 g/mol. The number of methoxy groups -OCH3 is 1. The molecule has 1 aliphatic rings. The van der Waals surface area contributed by atoms with E-state index in [0.717, 1.165) is 4.47 Å². The van der Waals surface area contributed by atoms with Crippen molar-refractivity contribution >= 4 is 33.4 Å². The summed E-state index contributed by atoms with van der Waals surface area (Å²) in [5, 5.41) is 20.6. The fourth-order valence-electron chi connectivity index (χ4n) is 3.39. The first-order valence-corrected chi connectivity index (χ1v) is 10.4. The van der Waals surface area contributed by atoms with Crippen molar-refractivity contribution in [1.82, 2.24) is 14.8 Å². The average molecular weight is 485 g/mol. The Balaban J connectivity index is 1.67. The van der Waals surface area contributed by atoms with Crippen LogP contribution in [-0.4, -0.2) is 76.8 Å². The van der Waals surface area contributed by atoms with Gasteiger partial charge in [0.05, 0.1) is 36.0 Å². The third kappa shape index (κ3) is 5.07. The van der Waals surface area contributed by atoms with Crippen molar-refractivity contribution in [1.29, 1.82) is 0 Å². The molecule has 3 rings (SSSR count). The van der Waals surface area contributed by atoms with Crippen LogP contribution < -0.4 is 4.74 Å². The van der Waals surface area contributed by atoms with E-state index in [0.29, 0.717) is 43.2 Å². The molecule has 7 nitrogen and oxygen atoms in total. The summed E-state index contributed by atoms with van der Waals surface area (Å²) in [5.41, 5.74) is 0.932. The van der Waals surface area contributed by atoms with Gasteiger partial charge in [-0.1, -0.05) is 17.7 Å². The highest BCUT2D eigenvalue weighted by molar-refractivity contribution is 9.10. The quantitative estimate of drug-likeness (QED) is 0.655. The second kappa shape index (κ2) is 9.86. The predicted octanol–water partition coefficient (Wildman–Crippen LogP) is 2.36. The topological polar surface area (TPSA) is 86.1 Å². The molecule has 0 saturated carbocycles. The Hall–Kier alpha value is -1.71. The van der Waals surface area contributed by atoms with Gasteiger partial charge in [-0.3, -0.25) is 14.7 Å². The summed E-state index contributed by atoms with van der Waals surface area (Å²) < 4.78 is 6.03. The lowest BCUT2D eigenvalue weighted by Gasteiger charge is -2.41. The van der Waals surface area contributed by atoms with Crippen LogP contribution in [-0.2, 0) is 0 Å². The number of pyridine rings is 1. The highest BCUT2D eigenvalue weighted by Gasteiger charge is 2.32. The van der Waals surface area contributed by atoms with Crippen molar-refractivity contribution in [3.8, 4) is 5.75 Å². The summed E-state index contributed by atoms with van der Waals surface area (Å²) in [6.07, 6.45) is 0.851. The van der Waals surface area contributed by atoms with Gasteiger partial charge < -0.3 is 19.8 Å². The van der Waals surface area contributed by atoms with Gasteiger partial charge in [0, 0.05) is 36.8 Å². The van der Waals surface area contributed by atoms with Crippen LogP contribution in [0.1, 0.15) is 22.2 Å². The van der Waals surface area contributed by atoms with Gasteiger partial charge in [-0.15, -0.1) is 0 Å². The molecule has 1 aromatic carbocycles. The maximum absolute atomic E-state index is 13.0. The molecule has 2 aromatic rings. The molecule has 0 aliphatic carbocycles. The number of nitrogens with zero attached hydrogens (tertiary/aromatic N) is 3. The van der Waals surface area contributed by atoms with E-state index >= 15 is 0 Å². The normalized spacial score (nSPS) is 18.5. The third-order valence-electron chi connectivity index (χ3n) is 5.02. The smallest absolute Gasteiger partial charge is 0.255 e.